The second kappa shape index (κ2) is 11.5. The van der Waals surface area contributed by atoms with Crippen molar-refractivity contribution < 1.29 is 28.6 Å². The second-order valence-corrected chi connectivity index (χ2v) is 8.33. The van der Waals surface area contributed by atoms with Gasteiger partial charge in [-0.3, -0.25) is 9.59 Å². The zero-order chi connectivity index (χ0) is 23.8. The van der Waals surface area contributed by atoms with Crippen molar-refractivity contribution in [2.24, 2.45) is 5.10 Å². The molecule has 2 aromatic rings. The third-order valence-corrected chi connectivity index (χ3v) is 6.34. The zero-order valence-electron chi connectivity index (χ0n) is 18.9. The number of anilines is 1. The van der Waals surface area contributed by atoms with E-state index in [1.807, 2.05) is 0 Å². The molecule has 0 aliphatic heterocycles. The van der Waals surface area contributed by atoms with E-state index in [1.165, 1.54) is 31.8 Å². The molecular formula is C23H27N3O6S. The number of nitrogens with zero attached hydrogens (tertiary/aromatic N) is 1. The Kier molecular flexibility index (Phi) is 8.42. The van der Waals surface area contributed by atoms with Crippen molar-refractivity contribution in [3.63, 3.8) is 0 Å². The molecule has 1 aliphatic carbocycles. The van der Waals surface area contributed by atoms with Crippen molar-refractivity contribution in [3.05, 3.63) is 39.8 Å². The third-order valence-electron chi connectivity index (χ3n) is 5.14. The number of nitrogens with one attached hydrogen (secondary N) is 2. The maximum absolute atomic E-state index is 12.6. The van der Waals surface area contributed by atoms with E-state index in [0.29, 0.717) is 27.6 Å². The molecule has 0 unspecified atom stereocenters. The first-order valence-electron chi connectivity index (χ1n) is 10.7. The molecule has 0 fully saturated rings. The lowest BCUT2D eigenvalue weighted by atomic mass is 10.1. The number of hydrogen-bond acceptors (Lipinski definition) is 8. The van der Waals surface area contributed by atoms with E-state index >= 15 is 0 Å². The van der Waals surface area contributed by atoms with E-state index in [-0.39, 0.29) is 6.61 Å². The van der Waals surface area contributed by atoms with E-state index in [0.717, 1.165) is 42.5 Å². The molecule has 10 heteroatoms. The highest BCUT2D eigenvalue weighted by Gasteiger charge is 2.27. The number of para-hydroxylation sites is 1. The molecule has 0 spiro atoms. The molecule has 176 valence electrons. The number of amides is 2. The first-order chi connectivity index (χ1) is 16.0. The van der Waals surface area contributed by atoms with Gasteiger partial charge in [-0.25, -0.2) is 10.2 Å². The number of ether oxygens (including phenoxy) is 3. The number of esters is 1. The Labute approximate surface area is 196 Å². The average molecular weight is 474 g/mol. The number of rotatable bonds is 7. The Hall–Kier alpha value is -3.40. The molecule has 33 heavy (non-hydrogen) atoms. The summed E-state index contributed by atoms with van der Waals surface area (Å²) in [4.78, 5) is 38.5. The number of carbonyl (C=O) groups is 3. The van der Waals surface area contributed by atoms with E-state index < -0.39 is 17.8 Å². The highest BCUT2D eigenvalue weighted by atomic mass is 32.1. The SMILES string of the molecule is CCOC(=O)c1c(NC(=O)C(=O)N/N=C/c2cccc(OC)c2OC)sc2c1CCCCC2. The summed E-state index contributed by atoms with van der Waals surface area (Å²) in [7, 11) is 3.00. The van der Waals surface area contributed by atoms with Gasteiger partial charge in [0.2, 0.25) is 0 Å². The van der Waals surface area contributed by atoms with Crippen molar-refractivity contribution in [3.8, 4) is 11.5 Å². The normalized spacial score (nSPS) is 13.1. The van der Waals surface area contributed by atoms with Crippen LogP contribution < -0.4 is 20.2 Å². The van der Waals surface area contributed by atoms with Crippen molar-refractivity contribution in [1.29, 1.82) is 0 Å². The Balaban J connectivity index is 1.73. The number of methoxy groups -OCH3 is 2. The third kappa shape index (κ3) is 5.70. The summed E-state index contributed by atoms with van der Waals surface area (Å²) in [5, 5.41) is 6.74. The van der Waals surface area contributed by atoms with Crippen LogP contribution in [0.25, 0.3) is 0 Å². The van der Waals surface area contributed by atoms with Crippen LogP contribution >= 0.6 is 11.3 Å². The summed E-state index contributed by atoms with van der Waals surface area (Å²) in [5.74, 6) is -1.43. The summed E-state index contributed by atoms with van der Waals surface area (Å²) in [5.41, 5.74) is 4.02. The van der Waals surface area contributed by atoms with Gasteiger partial charge in [0.05, 0.1) is 32.6 Å². The lowest BCUT2D eigenvalue weighted by Gasteiger charge is -2.09. The molecule has 2 amide bonds. The van der Waals surface area contributed by atoms with Crippen molar-refractivity contribution in [1.82, 2.24) is 5.43 Å². The van der Waals surface area contributed by atoms with Gasteiger partial charge in [0.15, 0.2) is 11.5 Å². The summed E-state index contributed by atoms with van der Waals surface area (Å²) >= 11 is 1.32. The number of benzene rings is 1. The van der Waals surface area contributed by atoms with Crippen LogP contribution in [0.4, 0.5) is 5.00 Å². The van der Waals surface area contributed by atoms with Gasteiger partial charge < -0.3 is 19.5 Å². The average Bonchev–Trinajstić information content (AvgIpc) is 2.98. The lowest BCUT2D eigenvalue weighted by molar-refractivity contribution is -0.136. The van der Waals surface area contributed by atoms with E-state index in [4.69, 9.17) is 14.2 Å². The van der Waals surface area contributed by atoms with Gasteiger partial charge in [0, 0.05) is 10.4 Å². The molecule has 9 nitrogen and oxygen atoms in total. The molecule has 0 atom stereocenters. The molecular weight excluding hydrogens is 446 g/mol. The molecule has 0 radical (unpaired) electrons. The van der Waals surface area contributed by atoms with Crippen LogP contribution in [-0.2, 0) is 27.2 Å². The van der Waals surface area contributed by atoms with Crippen molar-refractivity contribution >= 4 is 40.3 Å². The van der Waals surface area contributed by atoms with Crippen LogP contribution in [0.3, 0.4) is 0 Å². The minimum Gasteiger partial charge on any atom is -0.493 e. The number of thiophene rings is 1. The molecule has 0 saturated heterocycles. The van der Waals surface area contributed by atoms with Crippen LogP contribution in [-0.4, -0.2) is 44.8 Å². The highest BCUT2D eigenvalue weighted by Crippen LogP contribution is 2.38. The number of hydrazone groups is 1. The number of carbonyl (C=O) groups excluding carboxylic acids is 3. The number of hydrogen-bond donors (Lipinski definition) is 2. The van der Waals surface area contributed by atoms with Gasteiger partial charge in [0.1, 0.15) is 5.00 Å². The Bertz CT molecular complexity index is 1060. The van der Waals surface area contributed by atoms with Gasteiger partial charge in [-0.2, -0.15) is 5.10 Å². The molecule has 0 saturated carbocycles. The Morgan fingerprint density at radius 3 is 2.61 bits per heavy atom. The standard InChI is InChI=1S/C23H27N3O6S/c1-4-32-23(29)18-15-10-6-5-7-12-17(15)33-22(18)25-20(27)21(28)26-24-13-14-9-8-11-16(30-2)19(14)31-3/h8-9,11,13H,4-7,10,12H2,1-3H3,(H,25,27)(H,26,28)/b24-13+. The fraction of sp³-hybridized carbons (Fsp3) is 0.391. The second-order valence-electron chi connectivity index (χ2n) is 7.23. The lowest BCUT2D eigenvalue weighted by Crippen LogP contribution is -2.32. The topological polar surface area (TPSA) is 115 Å². The Morgan fingerprint density at radius 2 is 1.88 bits per heavy atom. The predicted molar refractivity (Wildman–Crippen MR) is 125 cm³/mol. The maximum Gasteiger partial charge on any atom is 0.341 e. The summed E-state index contributed by atoms with van der Waals surface area (Å²) in [6.45, 7) is 1.95. The summed E-state index contributed by atoms with van der Waals surface area (Å²) in [6.07, 6.45) is 6.00. The molecule has 3 rings (SSSR count). The van der Waals surface area contributed by atoms with Gasteiger partial charge >= 0.3 is 17.8 Å². The zero-order valence-corrected chi connectivity index (χ0v) is 19.7. The van der Waals surface area contributed by atoms with Crippen molar-refractivity contribution in [2.75, 3.05) is 26.1 Å². The van der Waals surface area contributed by atoms with Crippen LogP contribution in [0.15, 0.2) is 23.3 Å². The molecule has 2 N–H and O–H groups in total. The smallest absolute Gasteiger partial charge is 0.341 e. The fourth-order valence-corrected chi connectivity index (χ4v) is 4.91. The van der Waals surface area contributed by atoms with Crippen LogP contribution in [0.1, 0.15) is 52.5 Å². The van der Waals surface area contributed by atoms with Gasteiger partial charge in [0.25, 0.3) is 0 Å². The molecule has 1 aliphatic rings. The first-order valence-corrected chi connectivity index (χ1v) is 11.5. The van der Waals surface area contributed by atoms with Crippen LogP contribution in [0.2, 0.25) is 0 Å². The van der Waals surface area contributed by atoms with E-state index in [1.54, 1.807) is 25.1 Å². The first kappa shape index (κ1) is 24.2. The molecule has 1 aromatic carbocycles. The largest absolute Gasteiger partial charge is 0.493 e. The van der Waals surface area contributed by atoms with Crippen molar-refractivity contribution in [2.45, 2.75) is 39.0 Å². The van der Waals surface area contributed by atoms with E-state index in [2.05, 4.69) is 15.8 Å². The van der Waals surface area contributed by atoms with E-state index in [9.17, 15) is 14.4 Å². The molecule has 0 bridgehead atoms. The monoisotopic (exact) mass is 473 g/mol. The highest BCUT2D eigenvalue weighted by molar-refractivity contribution is 7.17. The van der Waals surface area contributed by atoms with Gasteiger partial charge in [-0.15, -0.1) is 11.3 Å². The number of aryl methyl sites for hydroxylation is 1. The quantitative estimate of drug-likeness (QED) is 0.210. The molecule has 1 aromatic heterocycles. The summed E-state index contributed by atoms with van der Waals surface area (Å²) < 4.78 is 15.7. The minimum atomic E-state index is -0.966. The maximum atomic E-state index is 12.6. The van der Waals surface area contributed by atoms with Crippen LogP contribution in [0, 0.1) is 0 Å². The van der Waals surface area contributed by atoms with Gasteiger partial charge in [-0.1, -0.05) is 12.5 Å². The fourth-order valence-electron chi connectivity index (χ4n) is 3.63. The van der Waals surface area contributed by atoms with Gasteiger partial charge in [-0.05, 0) is 50.3 Å². The van der Waals surface area contributed by atoms with Crippen LogP contribution in [0.5, 0.6) is 11.5 Å². The predicted octanol–water partition coefficient (Wildman–Crippen LogP) is 3.30. The molecule has 1 heterocycles. The Morgan fingerprint density at radius 1 is 1.09 bits per heavy atom. The minimum absolute atomic E-state index is 0.222. The number of fused-ring (bicyclic) bond motifs is 1. The summed E-state index contributed by atoms with van der Waals surface area (Å²) in [6, 6.07) is 5.20.